The van der Waals surface area contributed by atoms with E-state index < -0.39 is 0 Å². The van der Waals surface area contributed by atoms with Gasteiger partial charge in [0, 0.05) is 21.7 Å². The summed E-state index contributed by atoms with van der Waals surface area (Å²) in [6, 6.07) is 33.2. The topological polar surface area (TPSA) is 30.7 Å². The third-order valence-electron chi connectivity index (χ3n) is 6.11. The van der Waals surface area contributed by atoms with Crippen molar-refractivity contribution < 1.29 is 0 Å². The van der Waals surface area contributed by atoms with E-state index in [-0.39, 0.29) is 0 Å². The number of hydrogen-bond acceptors (Lipinski definition) is 3. The van der Waals surface area contributed by atoms with Crippen LogP contribution in [0.3, 0.4) is 0 Å². The van der Waals surface area contributed by atoms with Crippen molar-refractivity contribution >= 4 is 65.0 Å². The normalized spacial score (nSPS) is 11.8. The summed E-state index contributed by atoms with van der Waals surface area (Å²) in [5, 5.41) is 4.18. The molecule has 0 aliphatic heterocycles. The van der Waals surface area contributed by atoms with E-state index in [4.69, 9.17) is 21.6 Å². The second kappa shape index (κ2) is 7.14. The van der Waals surface area contributed by atoms with E-state index in [1.165, 1.54) is 10.8 Å². The van der Waals surface area contributed by atoms with Crippen LogP contribution in [0.25, 0.3) is 59.3 Å². The quantitative estimate of drug-likeness (QED) is 0.259. The van der Waals surface area contributed by atoms with Gasteiger partial charge in [-0.2, -0.15) is 0 Å². The first-order valence-corrected chi connectivity index (χ1v) is 11.9. The number of aromatic nitrogens is 3. The van der Waals surface area contributed by atoms with Gasteiger partial charge in [0.2, 0.25) is 5.95 Å². The zero-order valence-corrected chi connectivity index (χ0v) is 18.9. The van der Waals surface area contributed by atoms with Gasteiger partial charge in [0.15, 0.2) is 0 Å². The van der Waals surface area contributed by atoms with E-state index in [9.17, 15) is 0 Å². The van der Waals surface area contributed by atoms with Gasteiger partial charge in [-0.05, 0) is 18.2 Å². The number of thiophene rings is 1. The van der Waals surface area contributed by atoms with Crippen molar-refractivity contribution in [2.45, 2.75) is 0 Å². The summed E-state index contributed by atoms with van der Waals surface area (Å²) >= 11 is 8.24. The molecule has 156 valence electrons. The van der Waals surface area contributed by atoms with Crippen LogP contribution in [0.5, 0.6) is 0 Å². The number of para-hydroxylation sites is 2. The zero-order valence-electron chi connectivity index (χ0n) is 17.4. The smallest absolute Gasteiger partial charge is 0.235 e. The summed E-state index contributed by atoms with van der Waals surface area (Å²) in [7, 11) is 0. The van der Waals surface area contributed by atoms with E-state index in [1.807, 2.05) is 30.3 Å². The largest absolute Gasteiger partial charge is 0.278 e. The summed E-state index contributed by atoms with van der Waals surface area (Å²) in [5.74, 6) is 0.665. The van der Waals surface area contributed by atoms with E-state index in [1.54, 1.807) is 11.3 Å². The number of fused-ring (bicyclic) bond motifs is 6. The Labute approximate surface area is 198 Å². The minimum absolute atomic E-state index is 0.665. The fourth-order valence-corrected chi connectivity index (χ4v) is 6.10. The van der Waals surface area contributed by atoms with Gasteiger partial charge in [-0.1, -0.05) is 90.5 Å². The molecule has 0 atom stereocenters. The Morgan fingerprint density at radius 2 is 1.24 bits per heavy atom. The highest BCUT2D eigenvalue weighted by Crippen LogP contribution is 2.42. The number of rotatable bonds is 2. The number of halogens is 1. The summed E-state index contributed by atoms with van der Waals surface area (Å²) in [5.41, 5.74) is 5.11. The third-order valence-corrected chi connectivity index (χ3v) is 7.77. The van der Waals surface area contributed by atoms with Crippen LogP contribution >= 0.6 is 22.9 Å². The van der Waals surface area contributed by atoms with Gasteiger partial charge in [-0.3, -0.25) is 4.57 Å². The molecule has 0 unspecified atom stereocenters. The summed E-state index contributed by atoms with van der Waals surface area (Å²) in [6.45, 7) is 0. The molecule has 33 heavy (non-hydrogen) atoms. The number of benzene rings is 4. The molecule has 7 rings (SSSR count). The first kappa shape index (κ1) is 18.8. The van der Waals surface area contributed by atoms with Gasteiger partial charge in [-0.15, -0.1) is 11.3 Å². The highest BCUT2D eigenvalue weighted by Gasteiger charge is 2.20. The number of hydrogen-bond donors (Lipinski definition) is 0. The Hall–Kier alpha value is -3.73. The maximum absolute atomic E-state index is 6.58. The molecule has 5 heteroatoms. The molecular weight excluding hydrogens is 446 g/mol. The lowest BCUT2D eigenvalue weighted by Gasteiger charge is -2.10. The van der Waals surface area contributed by atoms with Crippen molar-refractivity contribution in [2.24, 2.45) is 0 Å². The van der Waals surface area contributed by atoms with Crippen LogP contribution in [-0.4, -0.2) is 14.5 Å². The second-order valence-electron chi connectivity index (χ2n) is 8.00. The van der Waals surface area contributed by atoms with E-state index in [2.05, 4.69) is 71.3 Å². The van der Waals surface area contributed by atoms with Crippen LogP contribution < -0.4 is 0 Å². The van der Waals surface area contributed by atoms with Gasteiger partial charge >= 0.3 is 0 Å². The molecule has 7 aromatic rings. The first-order chi connectivity index (χ1) is 16.3. The van der Waals surface area contributed by atoms with Crippen molar-refractivity contribution in [3.8, 4) is 17.2 Å². The summed E-state index contributed by atoms with van der Waals surface area (Å²) in [6.07, 6.45) is 0. The molecular formula is C28H16ClN3S. The molecule has 0 saturated carbocycles. The zero-order chi connectivity index (χ0) is 21.9. The maximum Gasteiger partial charge on any atom is 0.235 e. The molecule has 3 nitrogen and oxygen atoms in total. The molecule has 3 aromatic heterocycles. The van der Waals surface area contributed by atoms with E-state index in [0.717, 1.165) is 47.6 Å². The minimum Gasteiger partial charge on any atom is -0.278 e. The number of nitrogens with zero attached hydrogens (tertiary/aromatic N) is 3. The molecule has 4 aromatic carbocycles. The first-order valence-electron chi connectivity index (χ1n) is 10.7. The molecule has 0 spiro atoms. The molecule has 0 amide bonds. The predicted molar refractivity (Wildman–Crippen MR) is 140 cm³/mol. The molecule has 0 aliphatic carbocycles. The van der Waals surface area contributed by atoms with Gasteiger partial charge in [0.25, 0.3) is 0 Å². The summed E-state index contributed by atoms with van der Waals surface area (Å²) < 4.78 is 4.26. The van der Waals surface area contributed by atoms with Crippen molar-refractivity contribution in [2.75, 3.05) is 0 Å². The van der Waals surface area contributed by atoms with Crippen molar-refractivity contribution in [1.82, 2.24) is 14.5 Å². The van der Waals surface area contributed by atoms with E-state index in [0.29, 0.717) is 5.95 Å². The SMILES string of the molecule is Clc1cccc2c1sc1c(-c3ccccc3)nc(-n3c4ccccc4c4ccccc43)nc12. The lowest BCUT2D eigenvalue weighted by Crippen LogP contribution is -2.02. The maximum atomic E-state index is 6.58. The Bertz CT molecular complexity index is 1780. The van der Waals surface area contributed by atoms with Gasteiger partial charge in [-0.25, -0.2) is 9.97 Å². The average Bonchev–Trinajstić information content (AvgIpc) is 3.41. The second-order valence-corrected chi connectivity index (χ2v) is 9.43. The van der Waals surface area contributed by atoms with Crippen LogP contribution in [0.4, 0.5) is 0 Å². The van der Waals surface area contributed by atoms with Crippen LogP contribution in [0.15, 0.2) is 97.1 Å². The van der Waals surface area contributed by atoms with E-state index >= 15 is 0 Å². The Morgan fingerprint density at radius 3 is 1.97 bits per heavy atom. The highest BCUT2D eigenvalue weighted by atomic mass is 35.5. The molecule has 0 saturated heterocycles. The van der Waals surface area contributed by atoms with Crippen LogP contribution in [-0.2, 0) is 0 Å². The van der Waals surface area contributed by atoms with Crippen molar-refractivity contribution in [3.63, 3.8) is 0 Å². The van der Waals surface area contributed by atoms with Crippen LogP contribution in [0.1, 0.15) is 0 Å². The average molecular weight is 462 g/mol. The molecule has 0 aliphatic rings. The highest BCUT2D eigenvalue weighted by molar-refractivity contribution is 7.26. The molecule has 0 N–H and O–H groups in total. The standard InChI is InChI=1S/C28H16ClN3S/c29-21-14-8-13-20-25-27(33-26(20)21)24(17-9-2-1-3-10-17)30-28(31-25)32-22-15-6-4-11-18(22)19-12-5-7-16-23(19)32/h1-16H. The monoisotopic (exact) mass is 461 g/mol. The molecule has 0 bridgehead atoms. The molecule has 0 radical (unpaired) electrons. The van der Waals surface area contributed by atoms with Gasteiger partial charge in [0.1, 0.15) is 0 Å². The lowest BCUT2D eigenvalue weighted by molar-refractivity contribution is 1.02. The molecule has 0 fully saturated rings. The minimum atomic E-state index is 0.665. The van der Waals surface area contributed by atoms with Crippen molar-refractivity contribution in [1.29, 1.82) is 0 Å². The van der Waals surface area contributed by atoms with Crippen LogP contribution in [0.2, 0.25) is 5.02 Å². The lowest BCUT2D eigenvalue weighted by atomic mass is 10.1. The van der Waals surface area contributed by atoms with Crippen LogP contribution in [0, 0.1) is 0 Å². The molecule has 3 heterocycles. The van der Waals surface area contributed by atoms with Gasteiger partial charge in [0.05, 0.1) is 36.7 Å². The fourth-order valence-electron chi connectivity index (χ4n) is 4.65. The van der Waals surface area contributed by atoms with Crippen molar-refractivity contribution in [3.05, 3.63) is 102 Å². The summed E-state index contributed by atoms with van der Waals surface area (Å²) in [4.78, 5) is 10.3. The predicted octanol–water partition coefficient (Wildman–Crippen LogP) is 8.26. The Balaban J connectivity index is 1.67. The third kappa shape index (κ3) is 2.75. The fraction of sp³-hybridized carbons (Fsp3) is 0. The Kier molecular flexibility index (Phi) is 4.07. The van der Waals surface area contributed by atoms with Gasteiger partial charge < -0.3 is 0 Å². The Morgan fingerprint density at radius 1 is 0.606 bits per heavy atom.